The Hall–Kier alpha value is -1.96. The van der Waals surface area contributed by atoms with E-state index in [4.69, 9.17) is 10.3 Å². The number of rotatable bonds is 4. The molecular formula is C15H23N5O3. The lowest BCUT2D eigenvalue weighted by molar-refractivity contribution is -0.139. The highest BCUT2D eigenvalue weighted by atomic mass is 16.5. The number of nitrogens with two attached hydrogens (primary N) is 1. The maximum atomic E-state index is 12.7. The Morgan fingerprint density at radius 1 is 1.26 bits per heavy atom. The predicted octanol–water partition coefficient (Wildman–Crippen LogP) is -0.0271. The quantitative estimate of drug-likeness (QED) is 0.835. The van der Waals surface area contributed by atoms with Gasteiger partial charge in [-0.05, 0) is 32.2 Å². The Labute approximate surface area is 135 Å². The Bertz CT molecular complexity index is 539. The first-order valence-corrected chi connectivity index (χ1v) is 8.19. The predicted molar refractivity (Wildman–Crippen MR) is 81.2 cm³/mol. The second kappa shape index (κ2) is 7.08. The fraction of sp³-hybridized carbons (Fsp3) is 0.733. The van der Waals surface area contributed by atoms with E-state index in [0.717, 1.165) is 51.1 Å². The minimum Gasteiger partial charge on any atom is -0.369 e. The topological polar surface area (TPSA) is 106 Å². The Balaban J connectivity index is 1.51. The normalized spacial score (nSPS) is 23.8. The number of carbonyl (C=O) groups is 2. The summed E-state index contributed by atoms with van der Waals surface area (Å²) in [5.41, 5.74) is 5.25. The molecule has 0 spiro atoms. The van der Waals surface area contributed by atoms with Gasteiger partial charge in [0.05, 0.1) is 12.5 Å². The van der Waals surface area contributed by atoms with Gasteiger partial charge in [0.25, 0.3) is 0 Å². The van der Waals surface area contributed by atoms with Gasteiger partial charge in [0, 0.05) is 25.6 Å². The number of aromatic nitrogens is 2. The van der Waals surface area contributed by atoms with Gasteiger partial charge in [-0.3, -0.25) is 14.5 Å². The summed E-state index contributed by atoms with van der Waals surface area (Å²) in [6.07, 6.45) is 4.90. The van der Waals surface area contributed by atoms with Gasteiger partial charge in [0.15, 0.2) is 5.82 Å². The molecule has 23 heavy (non-hydrogen) atoms. The van der Waals surface area contributed by atoms with E-state index in [-0.39, 0.29) is 30.2 Å². The number of likely N-dealkylation sites (tertiary alicyclic amines) is 2. The number of hydrogen-bond acceptors (Lipinski definition) is 6. The zero-order chi connectivity index (χ0) is 16.2. The number of hydrogen-bond donors (Lipinski definition) is 1. The summed E-state index contributed by atoms with van der Waals surface area (Å²) >= 11 is 0. The number of nitrogens with zero attached hydrogens (tertiary/aromatic N) is 4. The van der Waals surface area contributed by atoms with E-state index >= 15 is 0 Å². The van der Waals surface area contributed by atoms with Gasteiger partial charge in [-0.15, -0.1) is 0 Å². The summed E-state index contributed by atoms with van der Waals surface area (Å²) in [6.45, 7) is 3.16. The van der Waals surface area contributed by atoms with Crippen molar-refractivity contribution in [3.05, 3.63) is 12.2 Å². The molecule has 2 aliphatic rings. The molecule has 3 rings (SSSR count). The van der Waals surface area contributed by atoms with Gasteiger partial charge in [-0.2, -0.15) is 4.98 Å². The third-order valence-electron chi connectivity index (χ3n) is 4.78. The average molecular weight is 321 g/mol. The van der Waals surface area contributed by atoms with Gasteiger partial charge < -0.3 is 15.2 Å². The SMILES string of the molecule is NC(=O)CN1CCCC(C(=O)N2CCC(c3ncon3)CC2)C1. The van der Waals surface area contributed by atoms with Crippen molar-refractivity contribution in [2.45, 2.75) is 31.6 Å². The number of primary amides is 1. The third kappa shape index (κ3) is 3.87. The van der Waals surface area contributed by atoms with Crippen molar-refractivity contribution in [3.8, 4) is 0 Å². The molecule has 0 radical (unpaired) electrons. The highest BCUT2D eigenvalue weighted by Gasteiger charge is 2.32. The highest BCUT2D eigenvalue weighted by molar-refractivity contribution is 5.80. The standard InChI is InChI=1S/C15H23N5O3/c16-13(21)9-19-5-1-2-12(8-19)15(22)20-6-3-11(4-7-20)14-17-10-23-18-14/h10-12H,1-9H2,(H2,16,21). The van der Waals surface area contributed by atoms with Crippen LogP contribution in [0.3, 0.4) is 0 Å². The molecule has 0 aliphatic carbocycles. The van der Waals surface area contributed by atoms with Crippen LogP contribution in [0.5, 0.6) is 0 Å². The average Bonchev–Trinajstić information content (AvgIpc) is 3.08. The monoisotopic (exact) mass is 321 g/mol. The molecule has 1 aromatic rings. The molecule has 2 saturated heterocycles. The van der Waals surface area contributed by atoms with Crippen molar-refractivity contribution < 1.29 is 14.1 Å². The van der Waals surface area contributed by atoms with Crippen LogP contribution in [0.2, 0.25) is 0 Å². The van der Waals surface area contributed by atoms with Crippen molar-refractivity contribution in [1.82, 2.24) is 19.9 Å². The van der Waals surface area contributed by atoms with E-state index in [2.05, 4.69) is 10.1 Å². The first-order chi connectivity index (χ1) is 11.1. The minimum atomic E-state index is -0.334. The fourth-order valence-corrected chi connectivity index (χ4v) is 3.60. The van der Waals surface area contributed by atoms with Crippen molar-refractivity contribution >= 4 is 11.8 Å². The van der Waals surface area contributed by atoms with E-state index in [0.29, 0.717) is 6.54 Å². The second-order valence-corrected chi connectivity index (χ2v) is 6.43. The van der Waals surface area contributed by atoms with Crippen molar-refractivity contribution in [1.29, 1.82) is 0 Å². The van der Waals surface area contributed by atoms with Crippen LogP contribution in [0.25, 0.3) is 0 Å². The summed E-state index contributed by atoms with van der Waals surface area (Å²) in [6, 6.07) is 0. The Morgan fingerprint density at radius 2 is 2.04 bits per heavy atom. The molecule has 1 aromatic heterocycles. The first kappa shape index (κ1) is 15.9. The Kier molecular flexibility index (Phi) is 4.90. The zero-order valence-electron chi connectivity index (χ0n) is 13.2. The summed E-state index contributed by atoms with van der Waals surface area (Å²) < 4.78 is 4.80. The molecule has 1 atom stereocenters. The molecule has 0 saturated carbocycles. The molecule has 3 heterocycles. The third-order valence-corrected chi connectivity index (χ3v) is 4.78. The maximum Gasteiger partial charge on any atom is 0.231 e. The van der Waals surface area contributed by atoms with E-state index in [1.165, 1.54) is 6.39 Å². The first-order valence-electron chi connectivity index (χ1n) is 8.19. The molecule has 2 N–H and O–H groups in total. The van der Waals surface area contributed by atoms with Gasteiger partial charge in [-0.1, -0.05) is 5.16 Å². The lowest BCUT2D eigenvalue weighted by Crippen LogP contribution is -2.48. The fourth-order valence-electron chi connectivity index (χ4n) is 3.60. The lowest BCUT2D eigenvalue weighted by Gasteiger charge is -2.37. The molecule has 8 nitrogen and oxygen atoms in total. The minimum absolute atomic E-state index is 0.0233. The molecule has 0 bridgehead atoms. The summed E-state index contributed by atoms with van der Waals surface area (Å²) in [7, 11) is 0. The van der Waals surface area contributed by atoms with Crippen LogP contribution in [0.1, 0.15) is 37.4 Å². The van der Waals surface area contributed by atoms with Gasteiger partial charge in [0.2, 0.25) is 18.2 Å². The lowest BCUT2D eigenvalue weighted by atomic mass is 9.92. The number of carbonyl (C=O) groups excluding carboxylic acids is 2. The Morgan fingerprint density at radius 3 is 2.70 bits per heavy atom. The largest absolute Gasteiger partial charge is 0.369 e. The van der Waals surface area contributed by atoms with Crippen LogP contribution in [-0.2, 0) is 9.59 Å². The van der Waals surface area contributed by atoms with Gasteiger partial charge in [-0.25, -0.2) is 0 Å². The van der Waals surface area contributed by atoms with Gasteiger partial charge >= 0.3 is 0 Å². The van der Waals surface area contributed by atoms with Crippen LogP contribution in [0, 0.1) is 5.92 Å². The van der Waals surface area contributed by atoms with Crippen molar-refractivity contribution in [2.75, 3.05) is 32.7 Å². The molecule has 8 heteroatoms. The van der Waals surface area contributed by atoms with Crippen molar-refractivity contribution in [3.63, 3.8) is 0 Å². The van der Waals surface area contributed by atoms with E-state index in [1.54, 1.807) is 0 Å². The smallest absolute Gasteiger partial charge is 0.231 e. The summed E-state index contributed by atoms with van der Waals surface area (Å²) in [4.78, 5) is 31.8. The number of piperidine rings is 2. The molecular weight excluding hydrogens is 298 g/mol. The maximum absolute atomic E-state index is 12.7. The summed E-state index contributed by atoms with van der Waals surface area (Å²) in [5.74, 6) is 0.854. The van der Waals surface area contributed by atoms with Crippen molar-refractivity contribution in [2.24, 2.45) is 11.7 Å². The molecule has 2 fully saturated rings. The van der Waals surface area contributed by atoms with Gasteiger partial charge in [0.1, 0.15) is 0 Å². The van der Waals surface area contributed by atoms with E-state index < -0.39 is 0 Å². The summed E-state index contributed by atoms with van der Waals surface area (Å²) in [5, 5.41) is 3.90. The molecule has 2 aliphatic heterocycles. The van der Waals surface area contributed by atoms with E-state index in [1.807, 2.05) is 9.80 Å². The van der Waals surface area contributed by atoms with Crippen LogP contribution < -0.4 is 5.73 Å². The van der Waals surface area contributed by atoms with Crippen LogP contribution >= 0.6 is 0 Å². The molecule has 2 amide bonds. The molecule has 0 aromatic carbocycles. The molecule has 126 valence electrons. The van der Waals surface area contributed by atoms with Crippen LogP contribution in [0.4, 0.5) is 0 Å². The highest BCUT2D eigenvalue weighted by Crippen LogP contribution is 2.27. The number of amides is 2. The van der Waals surface area contributed by atoms with Crippen LogP contribution in [-0.4, -0.2) is 64.5 Å². The van der Waals surface area contributed by atoms with E-state index in [9.17, 15) is 9.59 Å². The zero-order valence-corrected chi connectivity index (χ0v) is 13.2. The second-order valence-electron chi connectivity index (χ2n) is 6.43. The molecule has 1 unspecified atom stereocenters. The van der Waals surface area contributed by atoms with Crippen LogP contribution in [0.15, 0.2) is 10.9 Å².